The van der Waals surface area contributed by atoms with Gasteiger partial charge in [-0.25, -0.2) is 0 Å². The Kier molecular flexibility index (Phi) is 7.01. The molecule has 3 nitrogen and oxygen atoms in total. The van der Waals surface area contributed by atoms with Crippen molar-refractivity contribution in [3.8, 4) is 0 Å². The second-order valence-corrected chi connectivity index (χ2v) is 4.88. The molecule has 0 radical (unpaired) electrons. The lowest BCUT2D eigenvalue weighted by Gasteiger charge is -2.20. The molecule has 0 aromatic rings. The van der Waals surface area contributed by atoms with Crippen molar-refractivity contribution in [2.24, 2.45) is 5.92 Å². The van der Waals surface area contributed by atoms with Crippen LogP contribution in [0.3, 0.4) is 0 Å². The molecule has 16 heavy (non-hydrogen) atoms. The van der Waals surface area contributed by atoms with E-state index in [0.717, 1.165) is 38.6 Å². The molecule has 3 heteroatoms. The van der Waals surface area contributed by atoms with Crippen molar-refractivity contribution in [1.82, 2.24) is 10.6 Å². The zero-order chi connectivity index (χ0) is 11.8. The average Bonchev–Trinajstić information content (AvgIpc) is 2.74. The molecule has 96 valence electrons. The quantitative estimate of drug-likeness (QED) is 0.621. The first-order valence-electron chi connectivity index (χ1n) is 6.83. The minimum atomic E-state index is 0.489. The minimum Gasteiger partial charge on any atom is -0.378 e. The predicted molar refractivity (Wildman–Crippen MR) is 68.8 cm³/mol. The van der Waals surface area contributed by atoms with Crippen LogP contribution in [0.15, 0.2) is 0 Å². The third-order valence-electron chi connectivity index (χ3n) is 3.35. The molecule has 0 aromatic carbocycles. The monoisotopic (exact) mass is 228 g/mol. The third kappa shape index (κ3) is 4.81. The molecule has 0 aliphatic carbocycles. The van der Waals surface area contributed by atoms with Crippen LogP contribution in [-0.4, -0.2) is 38.4 Å². The van der Waals surface area contributed by atoms with Crippen LogP contribution < -0.4 is 10.6 Å². The normalized spacial score (nSPS) is 27.2. The molecular weight excluding hydrogens is 200 g/mol. The largest absolute Gasteiger partial charge is 0.378 e. The van der Waals surface area contributed by atoms with Crippen LogP contribution in [0, 0.1) is 5.92 Å². The highest BCUT2D eigenvalue weighted by Gasteiger charge is 2.26. The summed E-state index contributed by atoms with van der Waals surface area (Å²) >= 11 is 0. The summed E-state index contributed by atoms with van der Waals surface area (Å²) in [6.07, 6.45) is 4.07. The Bertz CT molecular complexity index is 175. The molecule has 1 aliphatic heterocycles. The maximum absolute atomic E-state index is 5.69. The molecule has 0 bridgehead atoms. The average molecular weight is 228 g/mol. The van der Waals surface area contributed by atoms with Crippen molar-refractivity contribution in [2.45, 2.75) is 52.2 Å². The summed E-state index contributed by atoms with van der Waals surface area (Å²) in [5.74, 6) is 0.721. The Balaban J connectivity index is 2.08. The van der Waals surface area contributed by atoms with E-state index in [-0.39, 0.29) is 0 Å². The number of hydrogen-bond acceptors (Lipinski definition) is 3. The summed E-state index contributed by atoms with van der Waals surface area (Å²) in [6.45, 7) is 10.9. The number of rotatable bonds is 8. The van der Waals surface area contributed by atoms with Crippen LogP contribution in [0.25, 0.3) is 0 Å². The predicted octanol–water partition coefficient (Wildman–Crippen LogP) is 1.78. The van der Waals surface area contributed by atoms with Crippen molar-refractivity contribution < 1.29 is 4.74 Å². The van der Waals surface area contributed by atoms with Crippen LogP contribution in [0.5, 0.6) is 0 Å². The van der Waals surface area contributed by atoms with E-state index in [1.165, 1.54) is 12.8 Å². The first-order valence-corrected chi connectivity index (χ1v) is 6.83. The van der Waals surface area contributed by atoms with Gasteiger partial charge < -0.3 is 15.4 Å². The number of hydrogen-bond donors (Lipinski definition) is 2. The van der Waals surface area contributed by atoms with E-state index in [1.807, 2.05) is 0 Å². The van der Waals surface area contributed by atoms with Crippen molar-refractivity contribution >= 4 is 0 Å². The molecule has 1 rings (SSSR count). The highest BCUT2D eigenvalue weighted by atomic mass is 16.5. The van der Waals surface area contributed by atoms with Crippen LogP contribution in [-0.2, 0) is 4.74 Å². The van der Waals surface area contributed by atoms with E-state index < -0.39 is 0 Å². The molecule has 0 saturated carbocycles. The fourth-order valence-electron chi connectivity index (χ4n) is 2.30. The molecule has 3 unspecified atom stereocenters. The zero-order valence-corrected chi connectivity index (χ0v) is 11.1. The zero-order valence-electron chi connectivity index (χ0n) is 11.1. The molecular formula is C13H28N2O. The highest BCUT2D eigenvalue weighted by molar-refractivity contribution is 4.78. The van der Waals surface area contributed by atoms with Crippen molar-refractivity contribution in [1.29, 1.82) is 0 Å². The Morgan fingerprint density at radius 3 is 2.88 bits per heavy atom. The summed E-state index contributed by atoms with van der Waals surface area (Å²) in [6, 6.07) is 0.560. The van der Waals surface area contributed by atoms with Gasteiger partial charge in [0.2, 0.25) is 0 Å². The second-order valence-electron chi connectivity index (χ2n) is 4.88. The Morgan fingerprint density at radius 1 is 1.38 bits per heavy atom. The summed E-state index contributed by atoms with van der Waals surface area (Å²) in [5, 5.41) is 7.05. The maximum atomic E-state index is 5.69. The van der Waals surface area contributed by atoms with Crippen molar-refractivity contribution in [3.63, 3.8) is 0 Å². The molecule has 1 heterocycles. The number of nitrogens with one attached hydrogen (secondary N) is 2. The van der Waals surface area contributed by atoms with Gasteiger partial charge in [-0.2, -0.15) is 0 Å². The fraction of sp³-hybridized carbons (Fsp3) is 1.00. The molecule has 0 amide bonds. The minimum absolute atomic E-state index is 0.489. The van der Waals surface area contributed by atoms with Crippen LogP contribution in [0.4, 0.5) is 0 Å². The highest BCUT2D eigenvalue weighted by Crippen LogP contribution is 2.22. The van der Waals surface area contributed by atoms with Gasteiger partial charge in [0, 0.05) is 25.7 Å². The van der Waals surface area contributed by atoms with Crippen LogP contribution in [0.1, 0.15) is 40.0 Å². The molecule has 2 N–H and O–H groups in total. The summed E-state index contributed by atoms with van der Waals surface area (Å²) in [5.41, 5.74) is 0. The van der Waals surface area contributed by atoms with Crippen LogP contribution >= 0.6 is 0 Å². The van der Waals surface area contributed by atoms with Gasteiger partial charge in [-0.3, -0.25) is 0 Å². The summed E-state index contributed by atoms with van der Waals surface area (Å²) in [7, 11) is 0. The number of ether oxygens (including phenoxy) is 1. The van der Waals surface area contributed by atoms with Gasteiger partial charge in [0.15, 0.2) is 0 Å². The van der Waals surface area contributed by atoms with E-state index in [9.17, 15) is 0 Å². The van der Waals surface area contributed by atoms with E-state index >= 15 is 0 Å². The van der Waals surface area contributed by atoms with Crippen LogP contribution in [0.2, 0.25) is 0 Å². The van der Waals surface area contributed by atoms with Gasteiger partial charge in [-0.1, -0.05) is 13.8 Å². The Labute approximate surface area is 100 Å². The standard InChI is InChI=1S/C13H28N2O/c1-4-7-14-9-11(3)15-10-12-6-8-16-13(12)5-2/h11-15H,4-10H2,1-3H3. The molecule has 1 fully saturated rings. The fourth-order valence-corrected chi connectivity index (χ4v) is 2.30. The van der Waals surface area contributed by atoms with Gasteiger partial charge in [-0.05, 0) is 38.6 Å². The second kappa shape index (κ2) is 8.04. The maximum Gasteiger partial charge on any atom is 0.0613 e. The molecule has 3 atom stereocenters. The lowest BCUT2D eigenvalue weighted by atomic mass is 9.99. The van der Waals surface area contributed by atoms with E-state index in [0.29, 0.717) is 12.1 Å². The molecule has 1 aliphatic rings. The van der Waals surface area contributed by atoms with Gasteiger partial charge in [0.1, 0.15) is 0 Å². The molecule has 0 aromatic heterocycles. The first-order chi connectivity index (χ1) is 7.77. The Morgan fingerprint density at radius 2 is 2.19 bits per heavy atom. The van der Waals surface area contributed by atoms with E-state index in [1.54, 1.807) is 0 Å². The van der Waals surface area contributed by atoms with Crippen molar-refractivity contribution in [2.75, 3.05) is 26.2 Å². The third-order valence-corrected chi connectivity index (χ3v) is 3.35. The van der Waals surface area contributed by atoms with Gasteiger partial charge in [0.25, 0.3) is 0 Å². The van der Waals surface area contributed by atoms with E-state index in [2.05, 4.69) is 31.4 Å². The van der Waals surface area contributed by atoms with Gasteiger partial charge in [0.05, 0.1) is 6.10 Å². The smallest absolute Gasteiger partial charge is 0.0613 e. The summed E-state index contributed by atoms with van der Waals surface area (Å²) < 4.78 is 5.69. The summed E-state index contributed by atoms with van der Waals surface area (Å²) in [4.78, 5) is 0. The lowest BCUT2D eigenvalue weighted by Crippen LogP contribution is -2.40. The lowest BCUT2D eigenvalue weighted by molar-refractivity contribution is 0.0867. The first kappa shape index (κ1) is 13.9. The SMILES string of the molecule is CCCNCC(C)NCC1CCOC1CC. The topological polar surface area (TPSA) is 33.3 Å². The van der Waals surface area contributed by atoms with Gasteiger partial charge >= 0.3 is 0 Å². The molecule has 0 spiro atoms. The van der Waals surface area contributed by atoms with E-state index in [4.69, 9.17) is 4.74 Å². The molecule has 1 saturated heterocycles. The van der Waals surface area contributed by atoms with Gasteiger partial charge in [-0.15, -0.1) is 0 Å². The Hall–Kier alpha value is -0.120. The van der Waals surface area contributed by atoms with Crippen molar-refractivity contribution in [3.05, 3.63) is 0 Å².